The van der Waals surface area contributed by atoms with Crippen molar-refractivity contribution in [3.05, 3.63) is 0 Å². The third-order valence-electron chi connectivity index (χ3n) is 2.76. The molecule has 0 aliphatic heterocycles. The molecule has 4 nitrogen and oxygen atoms in total. The molecule has 0 aliphatic rings. The van der Waals surface area contributed by atoms with E-state index >= 15 is 0 Å². The van der Waals surface area contributed by atoms with Crippen molar-refractivity contribution in [2.45, 2.75) is 58.8 Å². The van der Waals surface area contributed by atoms with Gasteiger partial charge in [0.15, 0.2) is 0 Å². The van der Waals surface area contributed by atoms with Gasteiger partial charge in [-0.3, -0.25) is 0 Å². The molecule has 0 rings (SSSR count). The molecule has 0 saturated carbocycles. The molecule has 4 N–H and O–H groups in total. The first-order valence-electron chi connectivity index (χ1n) is 6.97. The van der Waals surface area contributed by atoms with E-state index in [0.717, 1.165) is 44.9 Å². The van der Waals surface area contributed by atoms with E-state index in [1.807, 2.05) is 13.8 Å². The van der Waals surface area contributed by atoms with E-state index in [1.165, 1.54) is 0 Å². The van der Waals surface area contributed by atoms with Crippen LogP contribution < -0.4 is 0 Å². The predicted molar refractivity (Wildman–Crippen MR) is 74.4 cm³/mol. The van der Waals surface area contributed by atoms with E-state index in [-0.39, 0.29) is 31.8 Å². The fourth-order valence-corrected chi connectivity index (χ4v) is 1.37. The van der Waals surface area contributed by atoms with Gasteiger partial charge >= 0.3 is 0 Å². The summed E-state index contributed by atoms with van der Waals surface area (Å²) in [4.78, 5) is 0. The summed E-state index contributed by atoms with van der Waals surface area (Å²) in [7, 11) is 0. The molecule has 0 aromatic rings. The summed E-state index contributed by atoms with van der Waals surface area (Å²) in [6.07, 6.45) is 6.67. The third-order valence-corrected chi connectivity index (χ3v) is 2.76. The number of aliphatic hydroxyl groups is 4. The van der Waals surface area contributed by atoms with E-state index in [9.17, 15) is 0 Å². The highest BCUT2D eigenvalue weighted by Crippen LogP contribution is 2.21. The first kappa shape index (κ1) is 20.2. The lowest BCUT2D eigenvalue weighted by molar-refractivity contribution is 0.144. The summed E-state index contributed by atoms with van der Waals surface area (Å²) in [6, 6.07) is 0. The van der Waals surface area contributed by atoms with Crippen molar-refractivity contribution in [3.8, 4) is 0 Å². The number of hydrogen-bond donors (Lipinski definition) is 4. The van der Waals surface area contributed by atoms with Crippen LogP contribution in [0.15, 0.2) is 0 Å². The zero-order chi connectivity index (χ0) is 14.3. The van der Waals surface area contributed by atoms with Crippen LogP contribution in [0.25, 0.3) is 0 Å². The molecule has 0 saturated heterocycles. The Balaban J connectivity index is 0. The van der Waals surface area contributed by atoms with Gasteiger partial charge in [0.1, 0.15) is 0 Å². The molecule has 0 fully saturated rings. The minimum atomic E-state index is 0.0369. The van der Waals surface area contributed by atoms with Crippen LogP contribution in [0.4, 0.5) is 0 Å². The molecule has 4 heteroatoms. The van der Waals surface area contributed by atoms with Crippen molar-refractivity contribution >= 4 is 0 Å². The third kappa shape index (κ3) is 18.2. The predicted octanol–water partition coefficient (Wildman–Crippen LogP) is 1.70. The zero-order valence-electron chi connectivity index (χ0n) is 12.1. The Morgan fingerprint density at radius 3 is 1.33 bits per heavy atom. The van der Waals surface area contributed by atoms with Gasteiger partial charge in [0.05, 0.1) is 0 Å². The highest BCUT2D eigenvalue weighted by atomic mass is 16.3. The largest absolute Gasteiger partial charge is 0.396 e. The molecule has 0 bridgehead atoms. The van der Waals surface area contributed by atoms with Crippen LogP contribution in [0.5, 0.6) is 0 Å². The van der Waals surface area contributed by atoms with Gasteiger partial charge in [-0.25, -0.2) is 0 Å². The molecular formula is C14H32O4. The minimum absolute atomic E-state index is 0.0369. The molecule has 0 spiro atoms. The monoisotopic (exact) mass is 264 g/mol. The summed E-state index contributed by atoms with van der Waals surface area (Å²) < 4.78 is 0. The maximum Gasteiger partial charge on any atom is 0.0482 e. The van der Waals surface area contributed by atoms with Crippen molar-refractivity contribution in [2.75, 3.05) is 26.4 Å². The fourth-order valence-electron chi connectivity index (χ4n) is 1.37. The number of rotatable bonds is 10. The summed E-state index contributed by atoms with van der Waals surface area (Å²) in [6.45, 7) is 5.13. The minimum Gasteiger partial charge on any atom is -0.396 e. The lowest BCUT2D eigenvalue weighted by Crippen LogP contribution is -2.16. The lowest BCUT2D eigenvalue weighted by Gasteiger charge is -2.20. The maximum atomic E-state index is 8.83. The second kappa shape index (κ2) is 14.9. The standard InChI is InChI=1S/C8H18O2.C6H14O2/c1-8(2,7-10)5-3-4-6-9;7-5-3-1-2-4-6-8/h9-10H,3-7H2,1-2H3;7-8H,1-6H2. The first-order chi connectivity index (χ1) is 8.54. The average Bonchev–Trinajstić information content (AvgIpc) is 2.36. The quantitative estimate of drug-likeness (QED) is 0.453. The van der Waals surface area contributed by atoms with Crippen LogP contribution in [0.2, 0.25) is 0 Å². The molecule has 0 aromatic carbocycles. The van der Waals surface area contributed by atoms with Gasteiger partial charge in [-0.05, 0) is 31.1 Å². The molecule has 0 aromatic heterocycles. The molecule has 112 valence electrons. The highest BCUT2D eigenvalue weighted by Gasteiger charge is 2.14. The van der Waals surface area contributed by atoms with Crippen molar-refractivity contribution < 1.29 is 20.4 Å². The van der Waals surface area contributed by atoms with Gasteiger partial charge in [-0.2, -0.15) is 0 Å². The van der Waals surface area contributed by atoms with Crippen molar-refractivity contribution in [2.24, 2.45) is 5.41 Å². The van der Waals surface area contributed by atoms with Crippen LogP contribution in [-0.4, -0.2) is 46.9 Å². The Hall–Kier alpha value is -0.160. The van der Waals surface area contributed by atoms with Crippen LogP contribution in [0.1, 0.15) is 58.8 Å². The Kier molecular flexibility index (Phi) is 16.7. The van der Waals surface area contributed by atoms with E-state index in [2.05, 4.69) is 0 Å². The van der Waals surface area contributed by atoms with Gasteiger partial charge in [0.2, 0.25) is 0 Å². The van der Waals surface area contributed by atoms with E-state index in [0.29, 0.717) is 0 Å². The number of aliphatic hydroxyl groups excluding tert-OH is 4. The van der Waals surface area contributed by atoms with Crippen molar-refractivity contribution in [1.82, 2.24) is 0 Å². The Labute approximate surface area is 112 Å². The second-order valence-electron chi connectivity index (χ2n) is 5.36. The smallest absolute Gasteiger partial charge is 0.0482 e. The molecule has 0 aliphatic carbocycles. The summed E-state index contributed by atoms with van der Waals surface area (Å²) in [5.41, 5.74) is 0.0369. The topological polar surface area (TPSA) is 80.9 Å². The summed E-state index contributed by atoms with van der Waals surface area (Å²) in [5, 5.41) is 33.9. The van der Waals surface area contributed by atoms with E-state index in [1.54, 1.807) is 0 Å². The van der Waals surface area contributed by atoms with Gasteiger partial charge in [-0.15, -0.1) is 0 Å². The molecule has 0 heterocycles. The lowest BCUT2D eigenvalue weighted by atomic mass is 9.88. The Morgan fingerprint density at radius 1 is 0.611 bits per heavy atom. The molecule has 0 radical (unpaired) electrons. The maximum absolute atomic E-state index is 8.83. The van der Waals surface area contributed by atoms with Crippen LogP contribution in [-0.2, 0) is 0 Å². The van der Waals surface area contributed by atoms with E-state index < -0.39 is 0 Å². The van der Waals surface area contributed by atoms with Gasteiger partial charge in [0, 0.05) is 26.4 Å². The number of hydrogen-bond acceptors (Lipinski definition) is 4. The van der Waals surface area contributed by atoms with Crippen LogP contribution >= 0.6 is 0 Å². The second-order valence-corrected chi connectivity index (χ2v) is 5.36. The molecule has 0 unspecified atom stereocenters. The average molecular weight is 264 g/mol. The summed E-state index contributed by atoms with van der Waals surface area (Å²) >= 11 is 0. The Bertz CT molecular complexity index is 143. The van der Waals surface area contributed by atoms with Crippen LogP contribution in [0, 0.1) is 5.41 Å². The summed E-state index contributed by atoms with van der Waals surface area (Å²) in [5.74, 6) is 0. The SMILES string of the molecule is CC(C)(CO)CCCCO.OCCCCCCO. The molecule has 0 amide bonds. The number of unbranched alkanes of at least 4 members (excludes halogenated alkanes) is 4. The normalized spacial score (nSPS) is 11.0. The molecule has 18 heavy (non-hydrogen) atoms. The fraction of sp³-hybridized carbons (Fsp3) is 1.00. The van der Waals surface area contributed by atoms with Gasteiger partial charge in [0.25, 0.3) is 0 Å². The first-order valence-corrected chi connectivity index (χ1v) is 6.97. The van der Waals surface area contributed by atoms with E-state index in [4.69, 9.17) is 20.4 Å². The Morgan fingerprint density at radius 2 is 1.00 bits per heavy atom. The van der Waals surface area contributed by atoms with Gasteiger partial charge < -0.3 is 20.4 Å². The van der Waals surface area contributed by atoms with Crippen molar-refractivity contribution in [3.63, 3.8) is 0 Å². The van der Waals surface area contributed by atoms with Gasteiger partial charge in [-0.1, -0.05) is 33.1 Å². The molecule has 0 atom stereocenters. The molecular weight excluding hydrogens is 232 g/mol. The van der Waals surface area contributed by atoms with Crippen LogP contribution in [0.3, 0.4) is 0 Å². The zero-order valence-corrected chi connectivity index (χ0v) is 12.1. The van der Waals surface area contributed by atoms with Crippen molar-refractivity contribution in [1.29, 1.82) is 0 Å². The highest BCUT2D eigenvalue weighted by molar-refractivity contribution is 4.66.